The highest BCUT2D eigenvalue weighted by Gasteiger charge is 2.58. The van der Waals surface area contributed by atoms with Gasteiger partial charge in [-0.3, -0.25) is 23.4 Å². The molecule has 0 aromatic heterocycles. The number of rotatable bonds is 60. The lowest BCUT2D eigenvalue weighted by Gasteiger charge is -2.49. The average molecular weight is 1420 g/mol. The summed E-state index contributed by atoms with van der Waals surface area (Å²) in [6.45, 7) is 3.47. The van der Waals surface area contributed by atoms with Crippen molar-refractivity contribution >= 4 is 25.7 Å². The first kappa shape index (κ1) is 89.2. The fourth-order valence-electron chi connectivity index (χ4n) is 12.9. The zero-order chi connectivity index (χ0) is 71.1. The topological polar surface area (TPSA) is 374 Å². The second kappa shape index (κ2) is 54.6. The van der Waals surface area contributed by atoms with Gasteiger partial charge in [-0.15, -0.1) is 0 Å². The van der Waals surface area contributed by atoms with Crippen molar-refractivity contribution in [2.45, 2.75) is 414 Å². The average Bonchev–Trinajstić information content (AvgIpc) is 0.783. The monoisotopic (exact) mass is 1410 g/mol. The lowest BCUT2D eigenvalue weighted by atomic mass is 9.84. The molecule has 11 N–H and O–H groups in total. The number of aliphatic hydroxyl groups is 10. The molecule has 1 aliphatic carbocycles. The number of ether oxygens (including phenoxy) is 7. The molecule has 0 amide bonds. The van der Waals surface area contributed by atoms with E-state index in [4.69, 9.17) is 42.2 Å². The van der Waals surface area contributed by atoms with E-state index in [1.807, 2.05) is 0 Å². The molecule has 3 rings (SSSR count). The molecule has 0 aromatic carbocycles. The molecule has 97 heavy (non-hydrogen) atoms. The molecule has 25 heteroatoms. The number of hydrogen-bond acceptors (Lipinski definition) is 23. The molecule has 0 aromatic rings. The van der Waals surface area contributed by atoms with Gasteiger partial charge in [0.05, 0.1) is 13.2 Å². The van der Waals surface area contributed by atoms with E-state index in [0.29, 0.717) is 19.3 Å². The van der Waals surface area contributed by atoms with E-state index in [2.05, 4.69) is 20.8 Å². The zero-order valence-electron chi connectivity index (χ0n) is 59.6. The molecule has 3 fully saturated rings. The third kappa shape index (κ3) is 37.8. The van der Waals surface area contributed by atoms with Crippen LogP contribution in [-0.4, -0.2) is 204 Å². The maximum Gasteiger partial charge on any atom is 0.472 e. The van der Waals surface area contributed by atoms with Gasteiger partial charge in [0.2, 0.25) is 0 Å². The highest BCUT2D eigenvalue weighted by atomic mass is 31.2. The van der Waals surface area contributed by atoms with Crippen LogP contribution in [0.1, 0.15) is 310 Å². The first-order valence-corrected chi connectivity index (χ1v) is 39.8. The Balaban J connectivity index is 1.71. The summed E-state index contributed by atoms with van der Waals surface area (Å²) < 4.78 is 65.0. The number of phosphoric acid groups is 1. The van der Waals surface area contributed by atoms with Crippen molar-refractivity contribution in [3.8, 4) is 0 Å². The summed E-state index contributed by atoms with van der Waals surface area (Å²) in [5.41, 5.74) is 0. The Morgan fingerprint density at radius 3 is 1.01 bits per heavy atom. The molecular weight excluding hydrogens is 1280 g/mol. The van der Waals surface area contributed by atoms with Crippen LogP contribution >= 0.6 is 7.82 Å². The van der Waals surface area contributed by atoms with E-state index in [-0.39, 0.29) is 19.3 Å². The van der Waals surface area contributed by atoms with E-state index in [1.54, 1.807) is 0 Å². The van der Waals surface area contributed by atoms with Crippen molar-refractivity contribution in [3.63, 3.8) is 0 Å². The minimum Gasteiger partial charge on any atom is -0.463 e. The lowest BCUT2D eigenvalue weighted by Crippen LogP contribution is -2.69. The minimum atomic E-state index is -5.69. The fraction of sp³-hybridized carbons (Fsp3) is 0.958. The Labute approximate surface area is 580 Å². The van der Waals surface area contributed by atoms with Gasteiger partial charge in [0.25, 0.3) is 0 Å². The molecule has 18 unspecified atom stereocenters. The summed E-state index contributed by atoms with van der Waals surface area (Å²) in [6, 6.07) is 0. The predicted octanol–water partition coefficient (Wildman–Crippen LogP) is 10.6. The Hall–Kier alpha value is -2.04. The number of phosphoric ester groups is 1. The Morgan fingerprint density at radius 1 is 0.361 bits per heavy atom. The third-order valence-electron chi connectivity index (χ3n) is 19.1. The summed E-state index contributed by atoms with van der Waals surface area (Å²) in [6.07, 6.45) is 11.7. The van der Waals surface area contributed by atoms with E-state index in [0.717, 1.165) is 96.3 Å². The van der Waals surface area contributed by atoms with Crippen molar-refractivity contribution in [2.75, 3.05) is 26.4 Å². The zero-order valence-corrected chi connectivity index (χ0v) is 60.5. The quantitative estimate of drug-likeness (QED) is 0.0117. The van der Waals surface area contributed by atoms with E-state index >= 15 is 0 Å². The Morgan fingerprint density at radius 2 is 0.660 bits per heavy atom. The standard InChI is InChI=1S/C72H135O24P/c1-4-7-10-13-16-19-22-25-26-27-28-30-32-35-38-41-44-47-57(75)89-52-55-60(78)62(80)67(85)72(93-55)95-69-65(83)63(81)64(82)68(94-71-66(84)61(79)59(77)54(49-73)92-71)70(69)96-97(86,87)90-51-53(50-88-56(74)46-43-40-37-34-31-24-21-18-15-12-9-6-3)91-58(76)48-45-42-39-36-33-29-23-20-17-14-11-8-5-2/h53-55,59-73,77-85H,4-52H2,1-3H3,(H,86,87). The predicted molar refractivity (Wildman–Crippen MR) is 365 cm³/mol. The highest BCUT2D eigenvalue weighted by molar-refractivity contribution is 7.47. The number of esters is 3. The SMILES string of the molecule is CCCCCCCCCCCCCCCCCCCC(=O)OCC1OC(OC2C(O)C(O)C(O)C(OC3OC(CO)C(O)C(O)C3O)C2OP(=O)(O)OCC(COC(=O)CCCCCCCCCCCCCC)OC(=O)CCCCCCCCCCCCCCC)C(O)C(O)C1O. The number of carbonyl (C=O) groups excluding carboxylic acids is 3. The molecule has 18 atom stereocenters. The molecule has 24 nitrogen and oxygen atoms in total. The van der Waals surface area contributed by atoms with Crippen LogP contribution in [0.4, 0.5) is 0 Å². The van der Waals surface area contributed by atoms with Gasteiger partial charge in [-0.05, 0) is 19.3 Å². The van der Waals surface area contributed by atoms with Crippen LogP contribution in [-0.2, 0) is 61.2 Å². The van der Waals surface area contributed by atoms with E-state index in [9.17, 15) is 74.9 Å². The minimum absolute atomic E-state index is 0.0335. The van der Waals surface area contributed by atoms with Crippen LogP contribution in [0.25, 0.3) is 0 Å². The molecule has 3 aliphatic rings. The first-order valence-electron chi connectivity index (χ1n) is 38.3. The molecule has 2 saturated heterocycles. The van der Waals surface area contributed by atoms with Crippen molar-refractivity contribution in [1.82, 2.24) is 0 Å². The summed E-state index contributed by atoms with van der Waals surface area (Å²) in [5.74, 6) is -1.97. The molecule has 2 aliphatic heterocycles. The van der Waals surface area contributed by atoms with Gasteiger partial charge in [-0.2, -0.15) is 0 Å². The van der Waals surface area contributed by atoms with E-state index < -0.39 is 156 Å². The van der Waals surface area contributed by atoms with Crippen molar-refractivity contribution in [1.29, 1.82) is 0 Å². The van der Waals surface area contributed by atoms with Gasteiger partial charge < -0.3 is 89.1 Å². The van der Waals surface area contributed by atoms with Gasteiger partial charge in [0.15, 0.2) is 18.7 Å². The normalized spacial score (nSPS) is 27.7. The number of carbonyl (C=O) groups is 3. The number of aliphatic hydroxyl groups excluding tert-OH is 10. The molecule has 0 bridgehead atoms. The maximum atomic E-state index is 14.3. The molecular formula is C72H135O24P. The number of unbranched alkanes of at least 4 members (excludes halogenated alkanes) is 39. The van der Waals surface area contributed by atoms with Gasteiger partial charge in [0, 0.05) is 19.3 Å². The largest absolute Gasteiger partial charge is 0.472 e. The lowest BCUT2D eigenvalue weighted by molar-refractivity contribution is -0.360. The van der Waals surface area contributed by atoms with Gasteiger partial charge in [-0.25, -0.2) is 4.57 Å². The molecule has 0 spiro atoms. The number of hydrogen-bond donors (Lipinski definition) is 11. The second-order valence-electron chi connectivity index (χ2n) is 27.7. The van der Waals surface area contributed by atoms with Crippen LogP contribution < -0.4 is 0 Å². The highest BCUT2D eigenvalue weighted by Crippen LogP contribution is 2.49. The van der Waals surface area contributed by atoms with Crippen LogP contribution in [0.15, 0.2) is 0 Å². The van der Waals surface area contributed by atoms with Crippen molar-refractivity contribution < 1.29 is 117 Å². The Bertz CT molecular complexity index is 2010. The molecule has 0 radical (unpaired) electrons. The van der Waals surface area contributed by atoms with Crippen LogP contribution in [0, 0.1) is 0 Å². The smallest absolute Gasteiger partial charge is 0.463 e. The van der Waals surface area contributed by atoms with Crippen LogP contribution in [0.5, 0.6) is 0 Å². The Kier molecular flexibility index (Phi) is 50.2. The molecule has 2 heterocycles. The van der Waals surface area contributed by atoms with Crippen molar-refractivity contribution in [3.05, 3.63) is 0 Å². The summed E-state index contributed by atoms with van der Waals surface area (Å²) in [7, 11) is -5.69. The molecule has 572 valence electrons. The summed E-state index contributed by atoms with van der Waals surface area (Å²) >= 11 is 0. The van der Waals surface area contributed by atoms with Crippen LogP contribution in [0.2, 0.25) is 0 Å². The van der Waals surface area contributed by atoms with Gasteiger partial charge in [-0.1, -0.05) is 271 Å². The fourth-order valence-corrected chi connectivity index (χ4v) is 13.8. The maximum absolute atomic E-state index is 14.3. The van der Waals surface area contributed by atoms with E-state index in [1.165, 1.54) is 154 Å². The molecule has 1 saturated carbocycles. The van der Waals surface area contributed by atoms with Gasteiger partial charge in [0.1, 0.15) is 98.7 Å². The summed E-state index contributed by atoms with van der Waals surface area (Å²) in [4.78, 5) is 51.0. The van der Waals surface area contributed by atoms with Gasteiger partial charge >= 0.3 is 25.7 Å². The first-order chi connectivity index (χ1) is 46.8. The summed E-state index contributed by atoms with van der Waals surface area (Å²) in [5, 5.41) is 110. The van der Waals surface area contributed by atoms with Crippen LogP contribution in [0.3, 0.4) is 0 Å². The third-order valence-corrected chi connectivity index (χ3v) is 20.1. The van der Waals surface area contributed by atoms with Crippen molar-refractivity contribution in [2.24, 2.45) is 0 Å². The second-order valence-corrected chi connectivity index (χ2v) is 29.1.